The van der Waals surface area contributed by atoms with Crippen LogP contribution in [-0.2, 0) is 0 Å². The molecular formula is C17H27N5. The van der Waals surface area contributed by atoms with Crippen LogP contribution in [0.5, 0.6) is 0 Å². The van der Waals surface area contributed by atoms with Gasteiger partial charge in [0.2, 0.25) is 0 Å². The van der Waals surface area contributed by atoms with E-state index in [0.717, 1.165) is 43.7 Å². The molecule has 0 unspecified atom stereocenters. The first-order chi connectivity index (χ1) is 10.7. The van der Waals surface area contributed by atoms with E-state index in [1.807, 2.05) is 16.8 Å². The van der Waals surface area contributed by atoms with E-state index >= 15 is 0 Å². The summed E-state index contributed by atoms with van der Waals surface area (Å²) in [6.45, 7) is 5.42. The smallest absolute Gasteiger partial charge is 0.157 e. The molecule has 0 radical (unpaired) electrons. The standard InChI is InChI=1S/C17H27N5/c1-3-13(4-2)15-10-17(22-16(21-15)7-8-20-22)19-11-12-5-6-14(18)9-12/h7-8,10,12-14,19H,3-6,9,11,18H2,1-2H3/t12-,14-/m0/s1. The van der Waals surface area contributed by atoms with Gasteiger partial charge < -0.3 is 11.1 Å². The molecule has 2 aromatic rings. The zero-order chi connectivity index (χ0) is 15.5. The summed E-state index contributed by atoms with van der Waals surface area (Å²) >= 11 is 0. The van der Waals surface area contributed by atoms with Crippen LogP contribution >= 0.6 is 0 Å². The summed E-state index contributed by atoms with van der Waals surface area (Å²) in [6, 6.07) is 4.53. The first-order valence-corrected chi connectivity index (χ1v) is 8.55. The van der Waals surface area contributed by atoms with Gasteiger partial charge in [0.05, 0.1) is 6.20 Å². The van der Waals surface area contributed by atoms with E-state index in [9.17, 15) is 0 Å². The normalized spacial score (nSPS) is 21.8. The molecule has 0 spiro atoms. The topological polar surface area (TPSA) is 68.2 Å². The average molecular weight is 301 g/mol. The Bertz CT molecular complexity index is 617. The van der Waals surface area contributed by atoms with E-state index in [2.05, 4.69) is 30.3 Å². The van der Waals surface area contributed by atoms with Crippen LogP contribution in [-0.4, -0.2) is 27.2 Å². The number of anilines is 1. The molecule has 1 aliphatic carbocycles. The number of hydrogen-bond acceptors (Lipinski definition) is 4. The predicted octanol–water partition coefficient (Wildman–Crippen LogP) is 3.17. The Morgan fingerprint density at radius 3 is 2.86 bits per heavy atom. The third-order valence-corrected chi connectivity index (χ3v) is 4.94. The molecule has 2 heterocycles. The summed E-state index contributed by atoms with van der Waals surface area (Å²) in [5.41, 5.74) is 8.11. The molecule has 3 rings (SSSR count). The average Bonchev–Trinajstić information content (AvgIpc) is 3.14. The van der Waals surface area contributed by atoms with Crippen molar-refractivity contribution in [1.29, 1.82) is 0 Å². The molecule has 5 heteroatoms. The highest BCUT2D eigenvalue weighted by Crippen LogP contribution is 2.27. The maximum atomic E-state index is 6.01. The fourth-order valence-corrected chi connectivity index (χ4v) is 3.52. The zero-order valence-corrected chi connectivity index (χ0v) is 13.6. The first kappa shape index (κ1) is 15.3. The number of rotatable bonds is 6. The van der Waals surface area contributed by atoms with Crippen molar-refractivity contribution in [3.63, 3.8) is 0 Å². The van der Waals surface area contributed by atoms with E-state index in [1.54, 1.807) is 0 Å². The number of aromatic nitrogens is 3. The van der Waals surface area contributed by atoms with Crippen LogP contribution in [0, 0.1) is 5.92 Å². The predicted molar refractivity (Wildman–Crippen MR) is 90.1 cm³/mol. The molecule has 5 nitrogen and oxygen atoms in total. The lowest BCUT2D eigenvalue weighted by atomic mass is 9.99. The minimum absolute atomic E-state index is 0.383. The van der Waals surface area contributed by atoms with Crippen molar-refractivity contribution >= 4 is 11.5 Å². The van der Waals surface area contributed by atoms with Crippen LogP contribution in [0.4, 0.5) is 5.82 Å². The van der Waals surface area contributed by atoms with Crippen molar-refractivity contribution in [2.24, 2.45) is 11.7 Å². The van der Waals surface area contributed by atoms with Crippen LogP contribution in [0.15, 0.2) is 18.3 Å². The van der Waals surface area contributed by atoms with Gasteiger partial charge in [0.25, 0.3) is 0 Å². The fraction of sp³-hybridized carbons (Fsp3) is 0.647. The van der Waals surface area contributed by atoms with E-state index < -0.39 is 0 Å². The molecule has 0 aliphatic heterocycles. The van der Waals surface area contributed by atoms with Gasteiger partial charge in [0, 0.05) is 36.3 Å². The van der Waals surface area contributed by atoms with Crippen molar-refractivity contribution in [2.45, 2.75) is 57.9 Å². The lowest BCUT2D eigenvalue weighted by molar-refractivity contribution is 0.563. The number of hydrogen-bond donors (Lipinski definition) is 2. The fourth-order valence-electron chi connectivity index (χ4n) is 3.52. The highest BCUT2D eigenvalue weighted by Gasteiger charge is 2.22. The Kier molecular flexibility index (Phi) is 4.62. The summed E-state index contributed by atoms with van der Waals surface area (Å²) in [5, 5.41) is 7.98. The Morgan fingerprint density at radius 2 is 2.18 bits per heavy atom. The molecule has 1 aliphatic rings. The van der Waals surface area contributed by atoms with Gasteiger partial charge in [-0.1, -0.05) is 13.8 Å². The van der Waals surface area contributed by atoms with E-state index in [4.69, 9.17) is 10.7 Å². The first-order valence-electron chi connectivity index (χ1n) is 8.55. The Hall–Kier alpha value is -1.62. The monoisotopic (exact) mass is 301 g/mol. The van der Waals surface area contributed by atoms with Gasteiger partial charge in [-0.25, -0.2) is 4.98 Å². The van der Waals surface area contributed by atoms with Gasteiger partial charge in [0.15, 0.2) is 5.65 Å². The number of nitrogens with two attached hydrogens (primary N) is 1. The summed E-state index contributed by atoms with van der Waals surface area (Å²) in [6.07, 6.45) is 7.55. The van der Waals surface area contributed by atoms with E-state index in [1.165, 1.54) is 12.1 Å². The van der Waals surface area contributed by atoms with Gasteiger partial charge in [-0.05, 0) is 38.0 Å². The number of nitrogens with one attached hydrogen (secondary N) is 1. The Morgan fingerprint density at radius 1 is 1.36 bits per heavy atom. The maximum absolute atomic E-state index is 6.01. The van der Waals surface area contributed by atoms with Gasteiger partial charge in [-0.15, -0.1) is 0 Å². The van der Waals surface area contributed by atoms with Crippen molar-refractivity contribution in [3.05, 3.63) is 24.0 Å². The third kappa shape index (κ3) is 3.09. The zero-order valence-electron chi connectivity index (χ0n) is 13.6. The second kappa shape index (κ2) is 6.65. The molecule has 120 valence electrons. The van der Waals surface area contributed by atoms with Crippen molar-refractivity contribution in [2.75, 3.05) is 11.9 Å². The molecule has 1 saturated carbocycles. The van der Waals surface area contributed by atoms with Gasteiger partial charge in [0.1, 0.15) is 5.82 Å². The molecule has 22 heavy (non-hydrogen) atoms. The molecule has 1 fully saturated rings. The summed E-state index contributed by atoms with van der Waals surface area (Å²) in [7, 11) is 0. The molecule has 2 atom stereocenters. The number of nitrogens with zero attached hydrogens (tertiary/aromatic N) is 3. The van der Waals surface area contributed by atoms with Crippen LogP contribution in [0.25, 0.3) is 5.65 Å². The molecule has 0 bridgehead atoms. The van der Waals surface area contributed by atoms with Crippen LogP contribution in [0.1, 0.15) is 57.6 Å². The van der Waals surface area contributed by atoms with E-state index in [-0.39, 0.29) is 0 Å². The molecular weight excluding hydrogens is 274 g/mol. The highest BCUT2D eigenvalue weighted by molar-refractivity contribution is 5.49. The quantitative estimate of drug-likeness (QED) is 0.860. The SMILES string of the molecule is CCC(CC)c1cc(NC[C@H]2CC[C@H](N)C2)n2nccc2n1. The van der Waals surface area contributed by atoms with Gasteiger partial charge in [-0.3, -0.25) is 0 Å². The second-order valence-electron chi connectivity index (χ2n) is 6.50. The Labute approximate surface area is 132 Å². The van der Waals surface area contributed by atoms with Crippen LogP contribution in [0.3, 0.4) is 0 Å². The molecule has 2 aromatic heterocycles. The summed E-state index contributed by atoms with van der Waals surface area (Å²) in [4.78, 5) is 4.77. The lowest BCUT2D eigenvalue weighted by Gasteiger charge is -2.17. The minimum atomic E-state index is 0.383. The molecule has 0 amide bonds. The van der Waals surface area contributed by atoms with Crippen molar-refractivity contribution in [1.82, 2.24) is 14.6 Å². The third-order valence-electron chi connectivity index (χ3n) is 4.94. The van der Waals surface area contributed by atoms with Crippen molar-refractivity contribution in [3.8, 4) is 0 Å². The molecule has 3 N–H and O–H groups in total. The highest BCUT2D eigenvalue weighted by atomic mass is 15.3. The van der Waals surface area contributed by atoms with Crippen LogP contribution < -0.4 is 11.1 Å². The summed E-state index contributed by atoms with van der Waals surface area (Å²) in [5.74, 6) is 2.24. The minimum Gasteiger partial charge on any atom is -0.370 e. The largest absolute Gasteiger partial charge is 0.370 e. The molecule has 0 aromatic carbocycles. The maximum Gasteiger partial charge on any atom is 0.157 e. The second-order valence-corrected chi connectivity index (χ2v) is 6.50. The Balaban J connectivity index is 1.82. The van der Waals surface area contributed by atoms with Gasteiger partial charge in [-0.2, -0.15) is 9.61 Å². The molecule has 0 saturated heterocycles. The lowest BCUT2D eigenvalue weighted by Crippen LogP contribution is -2.19. The van der Waals surface area contributed by atoms with Gasteiger partial charge >= 0.3 is 0 Å². The van der Waals surface area contributed by atoms with Crippen molar-refractivity contribution < 1.29 is 0 Å². The van der Waals surface area contributed by atoms with E-state index in [0.29, 0.717) is 17.9 Å². The summed E-state index contributed by atoms with van der Waals surface area (Å²) < 4.78 is 1.90. The van der Waals surface area contributed by atoms with Crippen LogP contribution in [0.2, 0.25) is 0 Å². The number of fused-ring (bicyclic) bond motifs is 1.